The standard InChI is InChI=1S/C13H27BO3/c1-6-11(4)17-13(8-15-10(2)3)9-16-12(5)7-14/h10-13H,6-9H2,1-5H3. The summed E-state index contributed by atoms with van der Waals surface area (Å²) in [6, 6.07) is 0. The Hall–Kier alpha value is -0.0551. The van der Waals surface area contributed by atoms with Gasteiger partial charge in [-0.25, -0.2) is 0 Å². The lowest BCUT2D eigenvalue weighted by Gasteiger charge is -2.24. The largest absolute Gasteiger partial charge is 0.376 e. The van der Waals surface area contributed by atoms with E-state index in [2.05, 4.69) is 13.8 Å². The number of hydrogen-bond donors (Lipinski definition) is 0. The first-order valence-electron chi connectivity index (χ1n) is 6.58. The van der Waals surface area contributed by atoms with Crippen LogP contribution in [0.25, 0.3) is 0 Å². The second kappa shape index (κ2) is 9.92. The maximum absolute atomic E-state index is 5.85. The average molecular weight is 242 g/mol. The average Bonchev–Trinajstić information content (AvgIpc) is 2.31. The van der Waals surface area contributed by atoms with Gasteiger partial charge in [-0.05, 0) is 34.1 Å². The fourth-order valence-electron chi connectivity index (χ4n) is 1.19. The van der Waals surface area contributed by atoms with Crippen molar-refractivity contribution in [3.05, 3.63) is 0 Å². The molecule has 0 fully saturated rings. The highest BCUT2D eigenvalue weighted by Crippen LogP contribution is 2.07. The summed E-state index contributed by atoms with van der Waals surface area (Å²) in [7, 11) is 5.51. The van der Waals surface area contributed by atoms with Crippen LogP contribution in [0.15, 0.2) is 0 Å². The lowest BCUT2D eigenvalue weighted by Crippen LogP contribution is -2.31. The zero-order valence-corrected chi connectivity index (χ0v) is 11.9. The highest BCUT2D eigenvalue weighted by atomic mass is 16.6. The van der Waals surface area contributed by atoms with Crippen LogP contribution >= 0.6 is 0 Å². The lowest BCUT2D eigenvalue weighted by molar-refractivity contribution is -0.104. The molecule has 0 aromatic heterocycles. The molecule has 0 aromatic carbocycles. The summed E-state index contributed by atoms with van der Waals surface area (Å²) in [4.78, 5) is 0. The first-order chi connectivity index (χ1) is 7.99. The quantitative estimate of drug-likeness (QED) is 0.551. The van der Waals surface area contributed by atoms with E-state index in [0.717, 1.165) is 6.42 Å². The zero-order chi connectivity index (χ0) is 13.3. The molecule has 4 heteroatoms. The SMILES string of the molecule is [B]CC(C)OCC(COC(C)C)OC(C)CC. The van der Waals surface area contributed by atoms with Crippen molar-refractivity contribution in [2.75, 3.05) is 13.2 Å². The summed E-state index contributed by atoms with van der Waals surface area (Å²) in [5, 5.41) is 0. The van der Waals surface area contributed by atoms with Gasteiger partial charge in [0.2, 0.25) is 0 Å². The Balaban J connectivity index is 4.00. The minimum atomic E-state index is -0.0126. The lowest BCUT2D eigenvalue weighted by atomic mass is 10.0. The predicted octanol–water partition coefficient (Wildman–Crippen LogP) is 2.59. The Kier molecular flexibility index (Phi) is 9.89. The van der Waals surface area contributed by atoms with Gasteiger partial charge >= 0.3 is 0 Å². The molecule has 0 aliphatic heterocycles. The molecular weight excluding hydrogens is 215 g/mol. The van der Waals surface area contributed by atoms with E-state index in [0.29, 0.717) is 19.5 Å². The minimum absolute atomic E-state index is 0.0126. The predicted molar refractivity (Wildman–Crippen MR) is 71.7 cm³/mol. The molecule has 2 radical (unpaired) electrons. The summed E-state index contributed by atoms with van der Waals surface area (Å²) in [5.41, 5.74) is 0. The van der Waals surface area contributed by atoms with Crippen LogP contribution in [0.2, 0.25) is 6.32 Å². The fraction of sp³-hybridized carbons (Fsp3) is 1.00. The maximum atomic E-state index is 5.85. The van der Waals surface area contributed by atoms with Crippen LogP contribution in [0.3, 0.4) is 0 Å². The van der Waals surface area contributed by atoms with E-state index in [9.17, 15) is 0 Å². The molecule has 0 aliphatic carbocycles. The van der Waals surface area contributed by atoms with Crippen LogP contribution in [0, 0.1) is 0 Å². The van der Waals surface area contributed by atoms with E-state index >= 15 is 0 Å². The topological polar surface area (TPSA) is 27.7 Å². The van der Waals surface area contributed by atoms with E-state index in [1.807, 2.05) is 20.8 Å². The molecule has 0 rings (SSSR count). The van der Waals surface area contributed by atoms with Crippen LogP contribution in [0.5, 0.6) is 0 Å². The third kappa shape index (κ3) is 9.63. The second-order valence-electron chi connectivity index (χ2n) is 4.74. The van der Waals surface area contributed by atoms with Crippen LogP contribution < -0.4 is 0 Å². The van der Waals surface area contributed by atoms with Crippen molar-refractivity contribution in [3.63, 3.8) is 0 Å². The molecule has 3 unspecified atom stereocenters. The van der Waals surface area contributed by atoms with E-state index in [1.54, 1.807) is 0 Å². The van der Waals surface area contributed by atoms with Crippen molar-refractivity contribution in [3.8, 4) is 0 Å². The first-order valence-corrected chi connectivity index (χ1v) is 6.58. The van der Waals surface area contributed by atoms with Gasteiger partial charge in [-0.15, -0.1) is 0 Å². The van der Waals surface area contributed by atoms with Crippen molar-refractivity contribution in [2.24, 2.45) is 0 Å². The normalized spacial score (nSPS) is 17.1. The molecule has 0 aliphatic rings. The third-order valence-electron chi connectivity index (χ3n) is 2.51. The van der Waals surface area contributed by atoms with Crippen molar-refractivity contribution in [1.82, 2.24) is 0 Å². The number of ether oxygens (including phenoxy) is 3. The Morgan fingerprint density at radius 1 is 0.941 bits per heavy atom. The Labute approximate surface area is 108 Å². The molecule has 0 bridgehead atoms. The van der Waals surface area contributed by atoms with Gasteiger partial charge in [0.15, 0.2) is 0 Å². The highest BCUT2D eigenvalue weighted by Gasteiger charge is 2.15. The van der Waals surface area contributed by atoms with Crippen LogP contribution in [0.1, 0.15) is 41.0 Å². The summed E-state index contributed by atoms with van der Waals surface area (Å²) >= 11 is 0. The van der Waals surface area contributed by atoms with Crippen LogP contribution in [-0.2, 0) is 14.2 Å². The van der Waals surface area contributed by atoms with Gasteiger partial charge in [-0.3, -0.25) is 0 Å². The Morgan fingerprint density at radius 2 is 1.53 bits per heavy atom. The van der Waals surface area contributed by atoms with Gasteiger partial charge in [0.05, 0.1) is 33.3 Å². The molecule has 0 heterocycles. The zero-order valence-electron chi connectivity index (χ0n) is 11.9. The molecule has 17 heavy (non-hydrogen) atoms. The molecule has 100 valence electrons. The van der Waals surface area contributed by atoms with Crippen LogP contribution in [0.4, 0.5) is 0 Å². The minimum Gasteiger partial charge on any atom is -0.376 e. The molecule has 3 nitrogen and oxygen atoms in total. The molecule has 0 N–H and O–H groups in total. The Bertz CT molecular complexity index is 176. The molecule has 0 saturated carbocycles. The smallest absolute Gasteiger partial charge is 0.104 e. The maximum Gasteiger partial charge on any atom is 0.104 e. The molecule has 3 atom stereocenters. The highest BCUT2D eigenvalue weighted by molar-refractivity contribution is 6.08. The van der Waals surface area contributed by atoms with Crippen molar-refractivity contribution in [1.29, 1.82) is 0 Å². The van der Waals surface area contributed by atoms with E-state index in [1.165, 1.54) is 0 Å². The summed E-state index contributed by atoms with van der Waals surface area (Å²) < 4.78 is 17.0. The van der Waals surface area contributed by atoms with Gasteiger partial charge in [-0.1, -0.05) is 13.2 Å². The van der Waals surface area contributed by atoms with Gasteiger partial charge in [0.25, 0.3) is 0 Å². The summed E-state index contributed by atoms with van der Waals surface area (Å²) in [6.45, 7) is 11.3. The van der Waals surface area contributed by atoms with Gasteiger partial charge in [0.1, 0.15) is 6.10 Å². The van der Waals surface area contributed by atoms with Crippen molar-refractivity contribution in [2.45, 2.75) is 71.8 Å². The molecule has 0 aromatic rings. The monoisotopic (exact) mass is 242 g/mol. The van der Waals surface area contributed by atoms with Gasteiger partial charge in [-0.2, -0.15) is 0 Å². The molecule has 0 saturated heterocycles. The molecule has 0 spiro atoms. The first kappa shape index (κ1) is 16.9. The second-order valence-corrected chi connectivity index (χ2v) is 4.74. The Morgan fingerprint density at radius 3 is 2.00 bits per heavy atom. The van der Waals surface area contributed by atoms with Crippen molar-refractivity contribution < 1.29 is 14.2 Å². The number of hydrogen-bond acceptors (Lipinski definition) is 3. The third-order valence-corrected chi connectivity index (χ3v) is 2.51. The molecule has 0 amide bonds. The van der Waals surface area contributed by atoms with E-state index in [4.69, 9.17) is 22.1 Å². The van der Waals surface area contributed by atoms with E-state index in [-0.39, 0.29) is 24.4 Å². The molecular formula is C13H27BO3. The fourth-order valence-corrected chi connectivity index (χ4v) is 1.19. The number of rotatable bonds is 10. The van der Waals surface area contributed by atoms with Crippen LogP contribution in [-0.4, -0.2) is 45.5 Å². The van der Waals surface area contributed by atoms with Gasteiger partial charge < -0.3 is 14.2 Å². The summed E-state index contributed by atoms with van der Waals surface area (Å²) in [5.74, 6) is 0. The van der Waals surface area contributed by atoms with E-state index < -0.39 is 0 Å². The summed E-state index contributed by atoms with van der Waals surface area (Å²) in [6.07, 6.45) is 2.02. The van der Waals surface area contributed by atoms with Crippen molar-refractivity contribution >= 4 is 7.85 Å². The van der Waals surface area contributed by atoms with Gasteiger partial charge in [0, 0.05) is 6.10 Å².